The van der Waals surface area contributed by atoms with Gasteiger partial charge in [-0.1, -0.05) is 0 Å². The first-order valence-corrected chi connectivity index (χ1v) is 11.8. The molecule has 0 aliphatic carbocycles. The molecule has 218 valence electrons. The van der Waals surface area contributed by atoms with Crippen LogP contribution in [0.5, 0.6) is 5.75 Å². The lowest BCUT2D eigenvalue weighted by atomic mass is 10.1. The van der Waals surface area contributed by atoms with Crippen LogP contribution in [0.2, 0.25) is 0 Å². The zero-order valence-corrected chi connectivity index (χ0v) is 21.1. The van der Waals surface area contributed by atoms with Gasteiger partial charge in [0.15, 0.2) is 28.8 Å². The van der Waals surface area contributed by atoms with Gasteiger partial charge < -0.3 is 9.30 Å². The maximum Gasteiger partial charge on any atom is 0.425 e. The minimum atomic E-state index is -5.07. The van der Waals surface area contributed by atoms with Crippen molar-refractivity contribution < 1.29 is 39.9 Å². The average Bonchev–Trinajstić information content (AvgIpc) is 2.86. The molecular weight excluding hydrogens is 570 g/mol. The van der Waals surface area contributed by atoms with Gasteiger partial charge in [-0.25, -0.2) is 37.0 Å². The quantitative estimate of drug-likeness (QED) is 0.286. The molecule has 41 heavy (non-hydrogen) atoms. The summed E-state index contributed by atoms with van der Waals surface area (Å²) in [6.07, 6.45) is -5.53. The van der Waals surface area contributed by atoms with Crippen molar-refractivity contribution in [3.05, 3.63) is 80.4 Å². The summed E-state index contributed by atoms with van der Waals surface area (Å²) in [5.41, 5.74) is -5.37. The number of rotatable bonds is 8. The van der Waals surface area contributed by atoms with Gasteiger partial charge >= 0.3 is 6.18 Å². The number of nitrogens with one attached hydrogen (secondary N) is 1. The SMILES string of the molecule is CC(CC(F)Cn1ccc2cc(-c3ncc(C(C)(F)F)cn3)c(F)c(F)c2c1=O)Oc1cn[nH]c(=O)c1C(F)(F)F. The molecule has 0 aliphatic rings. The molecule has 0 spiro atoms. The van der Waals surface area contributed by atoms with E-state index < -0.39 is 93.7 Å². The number of H-pyrrole nitrogens is 1. The topological polar surface area (TPSA) is 103 Å². The van der Waals surface area contributed by atoms with Crippen molar-refractivity contribution >= 4 is 10.8 Å². The summed E-state index contributed by atoms with van der Waals surface area (Å²) in [6.45, 7) is 1.14. The molecule has 1 N–H and O–H groups in total. The average molecular weight is 589 g/mol. The summed E-state index contributed by atoms with van der Waals surface area (Å²) >= 11 is 0. The number of aromatic amines is 1. The Morgan fingerprint density at radius 1 is 1.05 bits per heavy atom. The summed E-state index contributed by atoms with van der Waals surface area (Å²) in [5.74, 6) is -7.73. The Balaban J connectivity index is 1.56. The predicted molar refractivity (Wildman–Crippen MR) is 128 cm³/mol. The highest BCUT2D eigenvalue weighted by atomic mass is 19.4. The van der Waals surface area contributed by atoms with Crippen LogP contribution in [0.25, 0.3) is 22.2 Å². The van der Waals surface area contributed by atoms with E-state index in [-0.39, 0.29) is 5.39 Å². The Morgan fingerprint density at radius 2 is 1.71 bits per heavy atom. The second kappa shape index (κ2) is 10.9. The zero-order valence-electron chi connectivity index (χ0n) is 21.1. The number of hydrogen-bond acceptors (Lipinski definition) is 6. The fraction of sp³-hybridized carbons (Fsp3) is 0.320. The van der Waals surface area contributed by atoms with Crippen molar-refractivity contribution in [2.45, 2.75) is 51.2 Å². The smallest absolute Gasteiger partial charge is 0.425 e. The van der Waals surface area contributed by atoms with Crippen LogP contribution in [0.3, 0.4) is 0 Å². The Kier molecular flexibility index (Phi) is 7.87. The molecule has 4 aromatic rings. The van der Waals surface area contributed by atoms with E-state index in [1.807, 2.05) is 0 Å². The molecule has 8 nitrogen and oxygen atoms in total. The van der Waals surface area contributed by atoms with Gasteiger partial charge in [-0.2, -0.15) is 18.3 Å². The highest BCUT2D eigenvalue weighted by molar-refractivity contribution is 5.86. The third kappa shape index (κ3) is 6.20. The van der Waals surface area contributed by atoms with Crippen LogP contribution in [-0.2, 0) is 18.6 Å². The van der Waals surface area contributed by atoms with E-state index in [2.05, 4.69) is 15.1 Å². The van der Waals surface area contributed by atoms with Crippen molar-refractivity contribution in [2.24, 2.45) is 0 Å². The van der Waals surface area contributed by atoms with Crippen molar-refractivity contribution in [3.63, 3.8) is 0 Å². The molecule has 0 saturated heterocycles. The maximum absolute atomic E-state index is 15.0. The second-order valence-corrected chi connectivity index (χ2v) is 9.17. The molecule has 0 amide bonds. The molecule has 2 atom stereocenters. The van der Waals surface area contributed by atoms with Gasteiger partial charge in [0.05, 0.1) is 35.4 Å². The van der Waals surface area contributed by atoms with Crippen LogP contribution in [0.1, 0.15) is 31.4 Å². The number of aromatic nitrogens is 5. The van der Waals surface area contributed by atoms with Crippen molar-refractivity contribution in [2.75, 3.05) is 0 Å². The third-order valence-corrected chi connectivity index (χ3v) is 5.96. The molecule has 0 saturated carbocycles. The fourth-order valence-corrected chi connectivity index (χ4v) is 4.03. The molecule has 16 heteroatoms. The lowest BCUT2D eigenvalue weighted by molar-refractivity contribution is -0.140. The fourth-order valence-electron chi connectivity index (χ4n) is 4.03. The van der Waals surface area contributed by atoms with E-state index in [9.17, 15) is 40.3 Å². The van der Waals surface area contributed by atoms with Gasteiger partial charge in [0, 0.05) is 31.9 Å². The van der Waals surface area contributed by atoms with Gasteiger partial charge in [0.2, 0.25) is 0 Å². The molecular formula is C25H19F8N5O3. The molecule has 3 heterocycles. The van der Waals surface area contributed by atoms with E-state index in [0.717, 1.165) is 29.2 Å². The number of pyridine rings is 1. The number of hydrogen-bond donors (Lipinski definition) is 1. The highest BCUT2D eigenvalue weighted by Gasteiger charge is 2.38. The first kappa shape index (κ1) is 29.6. The van der Waals surface area contributed by atoms with Crippen LogP contribution in [0, 0.1) is 11.6 Å². The van der Waals surface area contributed by atoms with Gasteiger partial charge in [-0.15, -0.1) is 0 Å². The Morgan fingerprint density at radius 3 is 2.32 bits per heavy atom. The van der Waals surface area contributed by atoms with E-state index in [1.54, 1.807) is 5.10 Å². The summed E-state index contributed by atoms with van der Waals surface area (Å²) in [5, 5.41) is 4.04. The molecule has 0 radical (unpaired) electrons. The van der Waals surface area contributed by atoms with Crippen molar-refractivity contribution in [3.8, 4) is 17.1 Å². The molecule has 0 bridgehead atoms. The standard InChI is InChI=1S/C25H19F8N5O3/c1-11(41-16-9-36-37-22(39)18(16)25(31,32)33)5-14(26)10-38-4-3-12-6-15(19(27)20(28)17(12)23(38)40)21-34-7-13(8-35-21)24(2,29)30/h3-4,6-9,11,14H,5,10H2,1-2H3,(H,37,39). The zero-order chi connectivity index (χ0) is 30.3. The molecule has 0 aliphatic heterocycles. The first-order valence-electron chi connectivity index (χ1n) is 11.8. The molecule has 2 unspecified atom stereocenters. The van der Waals surface area contributed by atoms with Gasteiger partial charge in [-0.05, 0) is 24.4 Å². The number of alkyl halides is 6. The molecule has 4 rings (SSSR count). The first-order chi connectivity index (χ1) is 19.1. The van der Waals surface area contributed by atoms with Crippen LogP contribution in [-0.4, -0.2) is 37.0 Å². The number of halogens is 8. The summed E-state index contributed by atoms with van der Waals surface area (Å²) in [7, 11) is 0. The normalized spacial score (nSPS) is 13.8. The number of nitrogens with zero attached hydrogens (tertiary/aromatic N) is 4. The monoisotopic (exact) mass is 589 g/mol. The third-order valence-electron chi connectivity index (χ3n) is 5.96. The highest BCUT2D eigenvalue weighted by Crippen LogP contribution is 2.34. The predicted octanol–water partition coefficient (Wildman–Crippen LogP) is 5.15. The van der Waals surface area contributed by atoms with Gasteiger partial charge in [-0.3, -0.25) is 9.59 Å². The minimum Gasteiger partial charge on any atom is -0.488 e. The second-order valence-electron chi connectivity index (χ2n) is 9.17. The maximum atomic E-state index is 15.0. The Labute approximate surface area is 224 Å². The minimum absolute atomic E-state index is 0.109. The number of benzene rings is 1. The summed E-state index contributed by atoms with van der Waals surface area (Å²) in [6, 6.07) is 2.22. The van der Waals surface area contributed by atoms with E-state index in [1.165, 1.54) is 13.0 Å². The Bertz CT molecular complexity index is 1700. The van der Waals surface area contributed by atoms with Crippen molar-refractivity contribution in [1.82, 2.24) is 24.7 Å². The largest absolute Gasteiger partial charge is 0.488 e. The lowest BCUT2D eigenvalue weighted by Crippen LogP contribution is -2.29. The van der Waals surface area contributed by atoms with Crippen LogP contribution < -0.4 is 15.9 Å². The summed E-state index contributed by atoms with van der Waals surface area (Å²) < 4.78 is 117. The molecule has 3 aromatic heterocycles. The van der Waals surface area contributed by atoms with Crippen LogP contribution in [0.15, 0.2) is 46.5 Å². The summed E-state index contributed by atoms with van der Waals surface area (Å²) in [4.78, 5) is 31.8. The van der Waals surface area contributed by atoms with Gasteiger partial charge in [0.25, 0.3) is 17.0 Å². The van der Waals surface area contributed by atoms with Crippen molar-refractivity contribution in [1.29, 1.82) is 0 Å². The number of ether oxygens (including phenoxy) is 1. The molecule has 0 fully saturated rings. The van der Waals surface area contributed by atoms with Crippen LogP contribution >= 0.6 is 0 Å². The Hall–Kier alpha value is -4.37. The van der Waals surface area contributed by atoms with E-state index in [0.29, 0.717) is 13.1 Å². The molecule has 1 aromatic carbocycles. The van der Waals surface area contributed by atoms with Crippen LogP contribution in [0.4, 0.5) is 35.1 Å². The lowest BCUT2D eigenvalue weighted by Gasteiger charge is -2.19. The number of fused-ring (bicyclic) bond motifs is 1. The van der Waals surface area contributed by atoms with E-state index >= 15 is 4.39 Å². The van der Waals surface area contributed by atoms with Gasteiger partial charge in [0.1, 0.15) is 6.17 Å². The van der Waals surface area contributed by atoms with E-state index in [4.69, 9.17) is 4.74 Å².